The van der Waals surface area contributed by atoms with E-state index >= 15 is 0 Å². The van der Waals surface area contributed by atoms with Crippen LogP contribution in [0.4, 0.5) is 0 Å². The molecule has 0 radical (unpaired) electrons. The van der Waals surface area contributed by atoms with Crippen LogP contribution in [0.2, 0.25) is 0 Å². The fourth-order valence-electron chi connectivity index (χ4n) is 2.61. The first-order valence-electron chi connectivity index (χ1n) is 9.22. The highest BCUT2D eigenvalue weighted by molar-refractivity contribution is 5.97. The van der Waals surface area contributed by atoms with Crippen molar-refractivity contribution in [1.82, 2.24) is 10.6 Å². The van der Waals surface area contributed by atoms with Crippen molar-refractivity contribution < 1.29 is 18.7 Å². The average Bonchev–Trinajstić information content (AvgIpc) is 3.15. The number of nitrogens with one attached hydrogen (secondary N) is 2. The molecular weight excluding hydrogens is 344 g/mol. The Morgan fingerprint density at radius 3 is 2.67 bits per heavy atom. The van der Waals surface area contributed by atoms with Crippen molar-refractivity contribution in [3.05, 3.63) is 59.5 Å². The van der Waals surface area contributed by atoms with Crippen LogP contribution in [0.15, 0.2) is 47.1 Å². The fourth-order valence-corrected chi connectivity index (χ4v) is 2.61. The Morgan fingerprint density at radius 1 is 1.19 bits per heavy atom. The lowest BCUT2D eigenvalue weighted by Gasteiger charge is -2.22. The molecule has 6 heteroatoms. The van der Waals surface area contributed by atoms with Gasteiger partial charge in [0.25, 0.3) is 5.91 Å². The minimum atomic E-state index is -0.581. The van der Waals surface area contributed by atoms with Gasteiger partial charge in [-0.3, -0.25) is 9.59 Å². The van der Waals surface area contributed by atoms with E-state index in [1.54, 1.807) is 18.4 Å². The molecule has 1 aromatic heterocycles. The summed E-state index contributed by atoms with van der Waals surface area (Å²) in [6.45, 7) is 7.17. The molecule has 2 rings (SSSR count). The molecule has 2 amide bonds. The van der Waals surface area contributed by atoms with E-state index in [2.05, 4.69) is 10.6 Å². The number of hydrogen-bond donors (Lipinski definition) is 2. The number of amides is 2. The Morgan fingerprint density at radius 2 is 2.00 bits per heavy atom. The molecule has 27 heavy (non-hydrogen) atoms. The molecule has 0 aliphatic rings. The molecule has 0 spiro atoms. The van der Waals surface area contributed by atoms with Gasteiger partial charge in [0.1, 0.15) is 18.4 Å². The minimum Gasteiger partial charge on any atom is -0.467 e. The number of carbonyl (C=O) groups is 2. The molecule has 6 nitrogen and oxygen atoms in total. The van der Waals surface area contributed by atoms with Gasteiger partial charge in [0, 0.05) is 18.7 Å². The van der Waals surface area contributed by atoms with Crippen molar-refractivity contribution in [1.29, 1.82) is 0 Å². The zero-order valence-electron chi connectivity index (χ0n) is 16.2. The summed E-state index contributed by atoms with van der Waals surface area (Å²) in [6.07, 6.45) is 2.29. The zero-order valence-corrected chi connectivity index (χ0v) is 16.2. The maximum absolute atomic E-state index is 12.5. The van der Waals surface area contributed by atoms with Crippen LogP contribution in [0.25, 0.3) is 0 Å². The molecule has 0 saturated heterocycles. The van der Waals surface area contributed by atoms with Crippen LogP contribution < -0.4 is 10.6 Å². The standard InChI is InChI=1S/C21H28N2O4/c1-15(2)19(23-20(24)17-8-4-7-16(3)13-17)21(25)22-10-6-11-26-14-18-9-5-12-27-18/h4-5,7-9,12-13,15,19H,6,10-11,14H2,1-3H3,(H,22,25)(H,23,24)/t19-/m0/s1. The summed E-state index contributed by atoms with van der Waals surface area (Å²) < 4.78 is 10.7. The quantitative estimate of drug-likeness (QED) is 0.628. The van der Waals surface area contributed by atoms with Crippen LogP contribution in [0.5, 0.6) is 0 Å². The molecular formula is C21H28N2O4. The van der Waals surface area contributed by atoms with Gasteiger partial charge in [0.2, 0.25) is 5.91 Å². The highest BCUT2D eigenvalue weighted by atomic mass is 16.5. The highest BCUT2D eigenvalue weighted by Crippen LogP contribution is 2.07. The summed E-state index contributed by atoms with van der Waals surface area (Å²) in [4.78, 5) is 24.9. The third-order valence-electron chi connectivity index (χ3n) is 4.11. The van der Waals surface area contributed by atoms with Crippen LogP contribution in [0.1, 0.15) is 41.9 Å². The number of benzene rings is 1. The molecule has 1 aromatic carbocycles. The Hall–Kier alpha value is -2.60. The molecule has 1 atom stereocenters. The van der Waals surface area contributed by atoms with Gasteiger partial charge in [0.05, 0.1) is 6.26 Å². The van der Waals surface area contributed by atoms with E-state index in [1.807, 2.05) is 45.0 Å². The first-order valence-corrected chi connectivity index (χ1v) is 9.22. The molecule has 2 N–H and O–H groups in total. The van der Waals surface area contributed by atoms with E-state index < -0.39 is 6.04 Å². The van der Waals surface area contributed by atoms with Gasteiger partial charge in [-0.2, -0.15) is 0 Å². The molecule has 0 bridgehead atoms. The van der Waals surface area contributed by atoms with Crippen molar-refractivity contribution in [2.24, 2.45) is 5.92 Å². The second-order valence-corrected chi connectivity index (χ2v) is 6.84. The van der Waals surface area contributed by atoms with Gasteiger partial charge >= 0.3 is 0 Å². The minimum absolute atomic E-state index is 0.0195. The van der Waals surface area contributed by atoms with Crippen LogP contribution in [0.3, 0.4) is 0 Å². The molecule has 1 heterocycles. The first kappa shape index (κ1) is 20.7. The molecule has 0 aliphatic heterocycles. The molecule has 0 aliphatic carbocycles. The van der Waals surface area contributed by atoms with Crippen molar-refractivity contribution in [2.75, 3.05) is 13.2 Å². The molecule has 2 aromatic rings. The second kappa shape index (κ2) is 10.5. The van der Waals surface area contributed by atoms with E-state index in [0.717, 1.165) is 11.3 Å². The van der Waals surface area contributed by atoms with Crippen LogP contribution >= 0.6 is 0 Å². The predicted molar refractivity (Wildman–Crippen MR) is 103 cm³/mol. The van der Waals surface area contributed by atoms with Gasteiger partial charge in [-0.1, -0.05) is 31.5 Å². The van der Waals surface area contributed by atoms with E-state index in [9.17, 15) is 9.59 Å². The van der Waals surface area contributed by atoms with Crippen molar-refractivity contribution in [3.8, 4) is 0 Å². The number of furan rings is 1. The van der Waals surface area contributed by atoms with Crippen molar-refractivity contribution >= 4 is 11.8 Å². The lowest BCUT2D eigenvalue weighted by atomic mass is 10.0. The number of carbonyl (C=O) groups excluding carboxylic acids is 2. The zero-order chi connectivity index (χ0) is 19.6. The summed E-state index contributed by atoms with van der Waals surface area (Å²) >= 11 is 0. The summed E-state index contributed by atoms with van der Waals surface area (Å²) in [6, 6.07) is 10.4. The first-order chi connectivity index (χ1) is 13.0. The smallest absolute Gasteiger partial charge is 0.251 e. The highest BCUT2D eigenvalue weighted by Gasteiger charge is 2.24. The van der Waals surface area contributed by atoms with Crippen LogP contribution in [-0.4, -0.2) is 31.0 Å². The Balaban J connectivity index is 1.74. The fraction of sp³-hybridized carbons (Fsp3) is 0.429. The summed E-state index contributed by atoms with van der Waals surface area (Å²) in [5.74, 6) is 0.332. The van der Waals surface area contributed by atoms with E-state index in [1.165, 1.54) is 0 Å². The van der Waals surface area contributed by atoms with Crippen LogP contribution in [0, 0.1) is 12.8 Å². The van der Waals surface area contributed by atoms with Crippen LogP contribution in [-0.2, 0) is 16.1 Å². The second-order valence-electron chi connectivity index (χ2n) is 6.84. The Kier molecular flexibility index (Phi) is 8.07. The van der Waals surface area contributed by atoms with Gasteiger partial charge in [-0.05, 0) is 43.5 Å². The number of rotatable bonds is 10. The molecule has 0 saturated carbocycles. The maximum atomic E-state index is 12.5. The predicted octanol–water partition coefficient (Wildman–Crippen LogP) is 3.07. The topological polar surface area (TPSA) is 80.6 Å². The maximum Gasteiger partial charge on any atom is 0.251 e. The Labute approximate surface area is 160 Å². The van der Waals surface area contributed by atoms with Gasteiger partial charge in [-0.15, -0.1) is 0 Å². The normalized spacial score (nSPS) is 12.0. The average molecular weight is 372 g/mol. The molecule has 0 unspecified atom stereocenters. The largest absolute Gasteiger partial charge is 0.467 e. The number of aryl methyl sites for hydroxylation is 1. The lowest BCUT2D eigenvalue weighted by molar-refractivity contribution is -0.124. The molecule has 0 fully saturated rings. The van der Waals surface area contributed by atoms with E-state index in [-0.39, 0.29) is 17.7 Å². The van der Waals surface area contributed by atoms with Gasteiger partial charge in [-0.25, -0.2) is 0 Å². The lowest BCUT2D eigenvalue weighted by Crippen LogP contribution is -2.50. The third-order valence-corrected chi connectivity index (χ3v) is 4.11. The Bertz CT molecular complexity index is 726. The third kappa shape index (κ3) is 6.90. The SMILES string of the molecule is Cc1cccc(C(=O)N[C@H](C(=O)NCCCOCc2ccco2)C(C)C)c1. The number of ether oxygens (including phenoxy) is 1. The van der Waals surface area contributed by atoms with Crippen molar-refractivity contribution in [3.63, 3.8) is 0 Å². The van der Waals surface area contributed by atoms with E-state index in [0.29, 0.717) is 31.7 Å². The van der Waals surface area contributed by atoms with Gasteiger partial charge < -0.3 is 19.8 Å². The van der Waals surface area contributed by atoms with E-state index in [4.69, 9.17) is 9.15 Å². The van der Waals surface area contributed by atoms with Crippen molar-refractivity contribution in [2.45, 2.75) is 39.8 Å². The molecule has 146 valence electrons. The number of hydrogen-bond acceptors (Lipinski definition) is 4. The summed E-state index contributed by atoms with van der Waals surface area (Å²) in [5, 5.41) is 5.70. The monoisotopic (exact) mass is 372 g/mol. The van der Waals surface area contributed by atoms with Gasteiger partial charge in [0.15, 0.2) is 0 Å². The summed E-state index contributed by atoms with van der Waals surface area (Å²) in [5.41, 5.74) is 1.56. The summed E-state index contributed by atoms with van der Waals surface area (Å²) in [7, 11) is 0.